The maximum absolute atomic E-state index is 6.07. The van der Waals surface area contributed by atoms with Crippen LogP contribution in [0.1, 0.15) is 19.3 Å². The summed E-state index contributed by atoms with van der Waals surface area (Å²) in [6.07, 6.45) is 5.91. The summed E-state index contributed by atoms with van der Waals surface area (Å²) in [7, 11) is 0. The molecule has 18 heavy (non-hydrogen) atoms. The molecule has 0 radical (unpaired) electrons. The van der Waals surface area contributed by atoms with Crippen molar-refractivity contribution in [1.29, 1.82) is 0 Å². The minimum Gasteiger partial charge on any atom is -0.374 e. The molecule has 6 heteroatoms. The molecule has 0 spiro atoms. The molecular formula is C12H16ClN3OS. The number of rotatable bonds is 2. The Morgan fingerprint density at radius 2 is 2.33 bits per heavy atom. The molecule has 1 aliphatic heterocycles. The molecule has 98 valence electrons. The zero-order valence-corrected chi connectivity index (χ0v) is 11.9. The van der Waals surface area contributed by atoms with E-state index in [2.05, 4.69) is 14.9 Å². The predicted octanol–water partition coefficient (Wildman–Crippen LogP) is 2.61. The van der Waals surface area contributed by atoms with Crippen LogP contribution in [0.15, 0.2) is 11.2 Å². The van der Waals surface area contributed by atoms with Crippen molar-refractivity contribution in [2.45, 2.75) is 36.6 Å². The number of ether oxygens (including phenoxy) is 1. The Bertz CT molecular complexity index is 445. The van der Waals surface area contributed by atoms with Gasteiger partial charge < -0.3 is 9.64 Å². The molecule has 2 heterocycles. The molecule has 1 saturated heterocycles. The van der Waals surface area contributed by atoms with Gasteiger partial charge in [-0.05, 0) is 25.5 Å². The largest absolute Gasteiger partial charge is 0.374 e. The van der Waals surface area contributed by atoms with Gasteiger partial charge in [0, 0.05) is 12.6 Å². The molecule has 0 amide bonds. The van der Waals surface area contributed by atoms with Crippen LogP contribution < -0.4 is 4.90 Å². The van der Waals surface area contributed by atoms with Crippen LogP contribution in [0.5, 0.6) is 0 Å². The number of nitrogens with zero attached hydrogens (tertiary/aromatic N) is 3. The van der Waals surface area contributed by atoms with Crippen molar-refractivity contribution in [3.8, 4) is 0 Å². The molecule has 0 aromatic carbocycles. The van der Waals surface area contributed by atoms with Gasteiger partial charge in [-0.1, -0.05) is 23.4 Å². The average molecular weight is 286 g/mol. The summed E-state index contributed by atoms with van der Waals surface area (Å²) in [4.78, 5) is 11.1. The second kappa shape index (κ2) is 5.23. The Kier molecular flexibility index (Phi) is 3.63. The summed E-state index contributed by atoms with van der Waals surface area (Å²) < 4.78 is 5.82. The van der Waals surface area contributed by atoms with Gasteiger partial charge in [-0.3, -0.25) is 0 Å². The van der Waals surface area contributed by atoms with Gasteiger partial charge in [0.1, 0.15) is 11.0 Å². The van der Waals surface area contributed by atoms with E-state index in [1.807, 2.05) is 12.3 Å². The van der Waals surface area contributed by atoms with Gasteiger partial charge >= 0.3 is 0 Å². The van der Waals surface area contributed by atoms with Gasteiger partial charge in [0.05, 0.1) is 18.8 Å². The van der Waals surface area contributed by atoms with E-state index in [-0.39, 0.29) is 0 Å². The van der Waals surface area contributed by atoms with Crippen LogP contribution in [0, 0.1) is 0 Å². The molecule has 3 rings (SSSR count). The maximum Gasteiger partial charge on any atom is 0.190 e. The third-order valence-corrected chi connectivity index (χ3v) is 4.36. The SMILES string of the molecule is CSc1nc(Cl)cc(N2CCOC3CCCC32)n1. The quantitative estimate of drug-likeness (QED) is 0.474. The monoisotopic (exact) mass is 285 g/mol. The van der Waals surface area contributed by atoms with Crippen LogP contribution in [0.2, 0.25) is 5.15 Å². The van der Waals surface area contributed by atoms with E-state index < -0.39 is 0 Å². The summed E-state index contributed by atoms with van der Waals surface area (Å²) in [6, 6.07) is 2.32. The molecule has 2 atom stereocenters. The van der Waals surface area contributed by atoms with Gasteiger partial charge in [0.15, 0.2) is 5.16 Å². The fraction of sp³-hybridized carbons (Fsp3) is 0.667. The lowest BCUT2D eigenvalue weighted by atomic mass is 10.1. The van der Waals surface area contributed by atoms with Gasteiger partial charge in [-0.25, -0.2) is 9.97 Å². The van der Waals surface area contributed by atoms with Crippen molar-refractivity contribution >= 4 is 29.2 Å². The van der Waals surface area contributed by atoms with E-state index in [9.17, 15) is 0 Å². The number of halogens is 1. The van der Waals surface area contributed by atoms with E-state index in [0.717, 1.165) is 30.5 Å². The Morgan fingerprint density at radius 1 is 1.44 bits per heavy atom. The molecule has 0 N–H and O–H groups in total. The fourth-order valence-corrected chi connectivity index (χ4v) is 3.44. The molecule has 1 aliphatic carbocycles. The third kappa shape index (κ3) is 2.31. The fourth-order valence-electron chi connectivity index (χ4n) is 2.83. The van der Waals surface area contributed by atoms with Crippen LogP contribution in [-0.4, -0.2) is 41.5 Å². The average Bonchev–Trinajstić information content (AvgIpc) is 2.85. The highest BCUT2D eigenvalue weighted by Crippen LogP contribution is 2.33. The molecule has 4 nitrogen and oxygen atoms in total. The number of hydrogen-bond acceptors (Lipinski definition) is 5. The Morgan fingerprint density at radius 3 is 3.17 bits per heavy atom. The first-order valence-electron chi connectivity index (χ1n) is 6.25. The summed E-state index contributed by atoms with van der Waals surface area (Å²) in [5.41, 5.74) is 0. The first-order chi connectivity index (χ1) is 8.78. The summed E-state index contributed by atoms with van der Waals surface area (Å²) in [6.45, 7) is 1.67. The second-order valence-electron chi connectivity index (χ2n) is 4.64. The highest BCUT2D eigenvalue weighted by atomic mass is 35.5. The van der Waals surface area contributed by atoms with E-state index in [1.165, 1.54) is 24.6 Å². The summed E-state index contributed by atoms with van der Waals surface area (Å²) in [5.74, 6) is 0.944. The lowest BCUT2D eigenvalue weighted by molar-refractivity contribution is 0.0252. The van der Waals surface area contributed by atoms with Crippen molar-refractivity contribution in [3.63, 3.8) is 0 Å². The van der Waals surface area contributed by atoms with Crippen LogP contribution in [0.25, 0.3) is 0 Å². The van der Waals surface area contributed by atoms with Gasteiger partial charge in [-0.15, -0.1) is 0 Å². The second-order valence-corrected chi connectivity index (χ2v) is 5.80. The number of hydrogen-bond donors (Lipinski definition) is 0. The highest BCUT2D eigenvalue weighted by molar-refractivity contribution is 7.98. The third-order valence-electron chi connectivity index (χ3n) is 3.62. The summed E-state index contributed by atoms with van der Waals surface area (Å²) >= 11 is 7.59. The van der Waals surface area contributed by atoms with Gasteiger partial charge in [-0.2, -0.15) is 0 Å². The summed E-state index contributed by atoms with van der Waals surface area (Å²) in [5, 5.41) is 1.25. The van der Waals surface area contributed by atoms with Crippen LogP contribution in [0.4, 0.5) is 5.82 Å². The first kappa shape index (κ1) is 12.5. The normalized spacial score (nSPS) is 27.3. The topological polar surface area (TPSA) is 38.2 Å². The van der Waals surface area contributed by atoms with Crippen LogP contribution in [-0.2, 0) is 4.74 Å². The zero-order chi connectivity index (χ0) is 12.5. The van der Waals surface area contributed by atoms with Gasteiger partial charge in [0.2, 0.25) is 0 Å². The Balaban J connectivity index is 1.90. The molecule has 2 unspecified atom stereocenters. The van der Waals surface area contributed by atoms with Crippen molar-refractivity contribution in [2.24, 2.45) is 0 Å². The number of aromatic nitrogens is 2. The number of anilines is 1. The number of fused-ring (bicyclic) bond motifs is 1. The molecule has 2 aliphatic rings. The van der Waals surface area contributed by atoms with E-state index in [4.69, 9.17) is 16.3 Å². The zero-order valence-electron chi connectivity index (χ0n) is 10.3. The minimum absolute atomic E-state index is 0.366. The van der Waals surface area contributed by atoms with Crippen LogP contribution >= 0.6 is 23.4 Å². The number of thioether (sulfide) groups is 1. The van der Waals surface area contributed by atoms with Gasteiger partial charge in [0.25, 0.3) is 0 Å². The predicted molar refractivity (Wildman–Crippen MR) is 73.5 cm³/mol. The lowest BCUT2D eigenvalue weighted by Crippen LogP contribution is -2.49. The van der Waals surface area contributed by atoms with Crippen molar-refractivity contribution in [2.75, 3.05) is 24.3 Å². The van der Waals surface area contributed by atoms with E-state index >= 15 is 0 Å². The van der Waals surface area contributed by atoms with Crippen molar-refractivity contribution < 1.29 is 4.74 Å². The van der Waals surface area contributed by atoms with Crippen molar-refractivity contribution in [3.05, 3.63) is 11.2 Å². The molecule has 0 bridgehead atoms. The number of morpholine rings is 1. The molecular weight excluding hydrogens is 270 g/mol. The molecule has 2 fully saturated rings. The van der Waals surface area contributed by atoms with E-state index in [0.29, 0.717) is 17.3 Å². The molecule has 1 saturated carbocycles. The first-order valence-corrected chi connectivity index (χ1v) is 7.85. The smallest absolute Gasteiger partial charge is 0.190 e. The standard InChI is InChI=1S/C12H16ClN3OS/c1-18-12-14-10(13)7-11(15-12)16-5-6-17-9-4-2-3-8(9)16/h7-9H,2-6H2,1H3. The Hall–Kier alpha value is -0.520. The molecule has 1 aromatic rings. The maximum atomic E-state index is 6.07. The minimum atomic E-state index is 0.366. The lowest BCUT2D eigenvalue weighted by Gasteiger charge is -2.38. The Labute approximate surface area is 116 Å². The van der Waals surface area contributed by atoms with Crippen LogP contribution in [0.3, 0.4) is 0 Å². The highest BCUT2D eigenvalue weighted by Gasteiger charge is 2.36. The molecule has 1 aromatic heterocycles. The van der Waals surface area contributed by atoms with Crippen molar-refractivity contribution in [1.82, 2.24) is 9.97 Å². The van der Waals surface area contributed by atoms with E-state index in [1.54, 1.807) is 0 Å².